The van der Waals surface area contributed by atoms with Crippen molar-refractivity contribution >= 4 is 29.2 Å². The maximum atomic E-state index is 12.0. The van der Waals surface area contributed by atoms with E-state index >= 15 is 0 Å². The normalized spacial score (nSPS) is 18.4. The summed E-state index contributed by atoms with van der Waals surface area (Å²) in [4.78, 5) is 38.2. The van der Waals surface area contributed by atoms with E-state index in [2.05, 4.69) is 40.5 Å². The maximum absolute atomic E-state index is 12.0. The van der Waals surface area contributed by atoms with Crippen LogP contribution >= 0.6 is 11.3 Å². The summed E-state index contributed by atoms with van der Waals surface area (Å²) in [7, 11) is 0. The van der Waals surface area contributed by atoms with Crippen LogP contribution in [-0.2, 0) is 16.0 Å². The summed E-state index contributed by atoms with van der Waals surface area (Å²) >= 11 is 1.84. The Morgan fingerprint density at radius 2 is 1.96 bits per heavy atom. The zero-order chi connectivity index (χ0) is 20.7. The van der Waals surface area contributed by atoms with Crippen LogP contribution in [0.4, 0.5) is 0 Å². The molecule has 2 atom stereocenters. The van der Waals surface area contributed by atoms with Gasteiger partial charge in [0.15, 0.2) is 0 Å². The van der Waals surface area contributed by atoms with Crippen molar-refractivity contribution in [2.24, 2.45) is 0 Å². The zero-order valence-corrected chi connectivity index (χ0v) is 16.5. The third-order valence-electron chi connectivity index (χ3n) is 4.50. The Bertz CT molecular complexity index is 812. The summed E-state index contributed by atoms with van der Waals surface area (Å²) in [5.41, 5.74) is 2.10. The van der Waals surface area contributed by atoms with E-state index in [1.54, 1.807) is 24.5 Å². The fraction of sp³-hybridized carbons (Fsp3) is 0.368. The van der Waals surface area contributed by atoms with E-state index in [9.17, 15) is 4.79 Å². The standard InChI is InChI=1S/C17H21N3OS.C2H2O4/c1-12-10-14-5-9-22-16(14)13(2)20(12)8-7-19-17(21)15-4-3-6-18-11-15;3-1(4)2(5)6/h3-6,9,11-13H,7-8,10H2,1-2H3,(H,19,21);(H,3,4)(H,5,6)/t12-,13+;/m1./s1. The van der Waals surface area contributed by atoms with Crippen molar-refractivity contribution in [2.45, 2.75) is 32.4 Å². The van der Waals surface area contributed by atoms with Crippen LogP contribution in [0.5, 0.6) is 0 Å². The molecule has 0 unspecified atom stereocenters. The lowest BCUT2D eigenvalue weighted by molar-refractivity contribution is -0.159. The molecule has 3 rings (SSSR count). The van der Waals surface area contributed by atoms with Crippen molar-refractivity contribution in [1.82, 2.24) is 15.2 Å². The summed E-state index contributed by atoms with van der Waals surface area (Å²) in [6.45, 7) is 6.04. The highest BCUT2D eigenvalue weighted by molar-refractivity contribution is 7.10. The van der Waals surface area contributed by atoms with Crippen molar-refractivity contribution in [2.75, 3.05) is 13.1 Å². The van der Waals surface area contributed by atoms with Crippen LogP contribution in [0.2, 0.25) is 0 Å². The first-order valence-corrected chi connectivity index (χ1v) is 9.65. The SMILES string of the molecule is C[C@@H]1Cc2ccsc2[C@H](C)N1CCNC(=O)c1cccnc1.O=C(O)C(=O)O. The average Bonchev–Trinajstić information content (AvgIpc) is 3.14. The molecule has 0 aliphatic carbocycles. The average molecular weight is 405 g/mol. The van der Waals surface area contributed by atoms with Gasteiger partial charge < -0.3 is 15.5 Å². The fourth-order valence-corrected chi connectivity index (χ4v) is 4.18. The Kier molecular flexibility index (Phi) is 7.65. The molecule has 0 fully saturated rings. The topological polar surface area (TPSA) is 120 Å². The van der Waals surface area contributed by atoms with Gasteiger partial charge in [0.2, 0.25) is 0 Å². The van der Waals surface area contributed by atoms with Crippen LogP contribution in [0.25, 0.3) is 0 Å². The lowest BCUT2D eigenvalue weighted by Gasteiger charge is -2.38. The van der Waals surface area contributed by atoms with Crippen molar-refractivity contribution < 1.29 is 24.6 Å². The van der Waals surface area contributed by atoms with E-state index in [0.717, 1.165) is 13.0 Å². The number of aromatic nitrogens is 1. The van der Waals surface area contributed by atoms with Crippen molar-refractivity contribution in [3.8, 4) is 0 Å². The minimum Gasteiger partial charge on any atom is -0.473 e. The highest BCUT2D eigenvalue weighted by Gasteiger charge is 2.29. The number of carboxylic acids is 2. The molecule has 1 aliphatic heterocycles. The van der Waals surface area contributed by atoms with E-state index in [1.807, 2.05) is 11.3 Å². The number of nitrogens with zero attached hydrogens (tertiary/aromatic N) is 2. The molecule has 1 aliphatic rings. The van der Waals surface area contributed by atoms with Gasteiger partial charge in [0, 0.05) is 42.4 Å². The number of thiophene rings is 1. The second kappa shape index (κ2) is 9.95. The molecule has 2 aromatic heterocycles. The zero-order valence-electron chi connectivity index (χ0n) is 15.7. The van der Waals surface area contributed by atoms with E-state index in [4.69, 9.17) is 19.8 Å². The molecule has 3 N–H and O–H groups in total. The van der Waals surface area contributed by atoms with Crippen LogP contribution in [0.15, 0.2) is 36.0 Å². The fourth-order valence-electron chi connectivity index (χ4n) is 3.16. The monoisotopic (exact) mass is 405 g/mol. The Labute approximate surface area is 166 Å². The largest absolute Gasteiger partial charge is 0.473 e. The number of aliphatic carboxylic acids is 2. The van der Waals surface area contributed by atoms with Crippen molar-refractivity contribution in [3.63, 3.8) is 0 Å². The number of fused-ring (bicyclic) bond motifs is 1. The molecule has 0 spiro atoms. The molecule has 28 heavy (non-hydrogen) atoms. The number of carbonyl (C=O) groups is 3. The van der Waals surface area contributed by atoms with Crippen molar-refractivity contribution in [1.29, 1.82) is 0 Å². The molecule has 8 nitrogen and oxygen atoms in total. The number of carbonyl (C=O) groups excluding carboxylic acids is 1. The predicted molar refractivity (Wildman–Crippen MR) is 104 cm³/mol. The van der Waals surface area contributed by atoms with Gasteiger partial charge in [-0.1, -0.05) is 0 Å². The Morgan fingerprint density at radius 1 is 1.25 bits per heavy atom. The van der Waals surface area contributed by atoms with Gasteiger partial charge >= 0.3 is 11.9 Å². The van der Waals surface area contributed by atoms with Crippen LogP contribution in [0.1, 0.15) is 40.7 Å². The number of pyridine rings is 1. The summed E-state index contributed by atoms with van der Waals surface area (Å²) in [5.74, 6) is -3.70. The molecule has 9 heteroatoms. The number of rotatable bonds is 4. The quantitative estimate of drug-likeness (QED) is 0.666. The molecule has 0 radical (unpaired) electrons. The summed E-state index contributed by atoms with van der Waals surface area (Å²) in [6, 6.07) is 6.74. The minimum atomic E-state index is -1.82. The first kappa shape index (κ1) is 21.5. The number of carboxylic acid groups (broad SMARTS) is 2. The molecule has 1 amide bonds. The highest BCUT2D eigenvalue weighted by Crippen LogP contribution is 2.35. The lowest BCUT2D eigenvalue weighted by Crippen LogP contribution is -2.44. The van der Waals surface area contributed by atoms with Gasteiger partial charge in [-0.05, 0) is 49.4 Å². The second-order valence-electron chi connectivity index (χ2n) is 6.38. The third-order valence-corrected chi connectivity index (χ3v) is 5.63. The molecule has 2 aromatic rings. The molecule has 0 aromatic carbocycles. The molecule has 0 bridgehead atoms. The third kappa shape index (κ3) is 5.61. The first-order chi connectivity index (χ1) is 13.3. The smallest absolute Gasteiger partial charge is 0.414 e. The van der Waals surface area contributed by atoms with Gasteiger partial charge in [-0.3, -0.25) is 14.7 Å². The van der Waals surface area contributed by atoms with E-state index in [-0.39, 0.29) is 5.91 Å². The Balaban J connectivity index is 0.000000409. The first-order valence-electron chi connectivity index (χ1n) is 8.77. The molecule has 150 valence electrons. The molecular weight excluding hydrogens is 382 g/mol. The number of hydrogen-bond acceptors (Lipinski definition) is 6. The molecule has 3 heterocycles. The lowest BCUT2D eigenvalue weighted by atomic mass is 9.97. The minimum absolute atomic E-state index is 0.0535. The predicted octanol–water partition coefficient (Wildman–Crippen LogP) is 2.04. The van der Waals surface area contributed by atoms with Crippen LogP contribution in [-0.4, -0.2) is 57.1 Å². The maximum Gasteiger partial charge on any atom is 0.414 e. The molecule has 0 saturated carbocycles. The summed E-state index contributed by atoms with van der Waals surface area (Å²) in [6.07, 6.45) is 4.37. The molecule has 0 saturated heterocycles. The van der Waals surface area contributed by atoms with Gasteiger partial charge in [-0.15, -0.1) is 11.3 Å². The summed E-state index contributed by atoms with van der Waals surface area (Å²) < 4.78 is 0. The van der Waals surface area contributed by atoms with Gasteiger partial charge in [-0.25, -0.2) is 9.59 Å². The Morgan fingerprint density at radius 3 is 2.57 bits per heavy atom. The van der Waals surface area contributed by atoms with E-state index < -0.39 is 11.9 Å². The van der Waals surface area contributed by atoms with Gasteiger partial charge in [-0.2, -0.15) is 0 Å². The van der Waals surface area contributed by atoms with Gasteiger partial charge in [0.25, 0.3) is 5.91 Å². The van der Waals surface area contributed by atoms with Gasteiger partial charge in [0.1, 0.15) is 0 Å². The summed E-state index contributed by atoms with van der Waals surface area (Å²) in [5, 5.41) is 20.0. The van der Waals surface area contributed by atoms with Crippen LogP contribution in [0, 0.1) is 0 Å². The van der Waals surface area contributed by atoms with Crippen molar-refractivity contribution in [3.05, 3.63) is 52.0 Å². The second-order valence-corrected chi connectivity index (χ2v) is 7.33. The van der Waals surface area contributed by atoms with E-state index in [0.29, 0.717) is 24.2 Å². The number of hydrogen-bond donors (Lipinski definition) is 3. The Hall–Kier alpha value is -2.78. The molecular formula is C19H23N3O5S. The number of nitrogens with one attached hydrogen (secondary N) is 1. The van der Waals surface area contributed by atoms with Gasteiger partial charge in [0.05, 0.1) is 5.56 Å². The van der Waals surface area contributed by atoms with Crippen LogP contribution in [0.3, 0.4) is 0 Å². The highest BCUT2D eigenvalue weighted by atomic mass is 32.1. The van der Waals surface area contributed by atoms with Crippen LogP contribution < -0.4 is 5.32 Å². The number of amides is 1. The van der Waals surface area contributed by atoms with E-state index in [1.165, 1.54) is 10.4 Å².